The molecule has 1 saturated heterocycles. The van der Waals surface area contributed by atoms with Gasteiger partial charge in [-0.05, 0) is 12.1 Å². The summed E-state index contributed by atoms with van der Waals surface area (Å²) in [4.78, 5) is 32.7. The van der Waals surface area contributed by atoms with Crippen LogP contribution in [0.15, 0.2) is 24.5 Å². The van der Waals surface area contributed by atoms with Gasteiger partial charge in [-0.15, -0.1) is 0 Å². The van der Waals surface area contributed by atoms with Gasteiger partial charge in [0.2, 0.25) is 6.29 Å². The maximum Gasteiger partial charge on any atom is 0.469 e. The molecule has 122 valence electrons. The van der Waals surface area contributed by atoms with E-state index in [0.717, 1.165) is 0 Å². The van der Waals surface area contributed by atoms with Crippen LogP contribution >= 0.6 is 7.82 Å². The first-order chi connectivity index (χ1) is 10.3. The smallest absolute Gasteiger partial charge is 0.429 e. The van der Waals surface area contributed by atoms with Crippen molar-refractivity contribution in [3.05, 3.63) is 30.1 Å². The molecule has 0 radical (unpaired) electrons. The Hall–Kier alpha value is -1.39. The molecule has 2 heterocycles. The van der Waals surface area contributed by atoms with Crippen molar-refractivity contribution < 1.29 is 43.4 Å². The second-order valence-electron chi connectivity index (χ2n) is 4.46. The topological polar surface area (TPSA) is 156 Å². The zero-order chi connectivity index (χ0) is 16.3. The Morgan fingerprint density at radius 1 is 1.36 bits per heavy atom. The van der Waals surface area contributed by atoms with Gasteiger partial charge in [-0.2, -0.15) is 0 Å². The molecule has 0 unspecified atom stereocenters. The van der Waals surface area contributed by atoms with Gasteiger partial charge in [0.15, 0.2) is 0 Å². The maximum absolute atomic E-state index is 11.8. The normalized spacial score (nSPS) is 28.5. The lowest BCUT2D eigenvalue weighted by atomic mass is 10.1. The van der Waals surface area contributed by atoms with E-state index < -0.39 is 45.0 Å². The van der Waals surface area contributed by atoms with Crippen molar-refractivity contribution in [2.24, 2.45) is 0 Å². The van der Waals surface area contributed by atoms with Crippen molar-refractivity contribution in [1.29, 1.82) is 0 Å². The quantitative estimate of drug-likeness (QED) is 0.380. The number of phosphoric ester groups is 1. The third-order valence-electron chi connectivity index (χ3n) is 2.85. The number of carbonyl (C=O) groups is 1. The summed E-state index contributed by atoms with van der Waals surface area (Å²) in [5.41, 5.74) is 0.114. The fraction of sp³-hybridized carbons (Fsp3) is 0.455. The molecule has 2 rings (SSSR count). The van der Waals surface area contributed by atoms with Crippen molar-refractivity contribution in [3.63, 3.8) is 0 Å². The molecule has 4 N–H and O–H groups in total. The molecule has 1 fully saturated rings. The Balaban J connectivity index is 1.95. The van der Waals surface area contributed by atoms with Gasteiger partial charge in [0.05, 0.1) is 12.2 Å². The zero-order valence-electron chi connectivity index (χ0n) is 11.1. The molecular weight excluding hydrogens is 321 g/mol. The summed E-state index contributed by atoms with van der Waals surface area (Å²) >= 11 is 0. The van der Waals surface area contributed by atoms with Crippen LogP contribution in [-0.2, 0) is 18.6 Å². The van der Waals surface area contributed by atoms with Crippen LogP contribution in [0.1, 0.15) is 10.4 Å². The highest BCUT2D eigenvalue weighted by Crippen LogP contribution is 2.37. The second-order valence-corrected chi connectivity index (χ2v) is 5.70. The third-order valence-corrected chi connectivity index (χ3v) is 3.33. The van der Waals surface area contributed by atoms with Crippen molar-refractivity contribution in [2.75, 3.05) is 6.61 Å². The number of esters is 1. The number of pyridine rings is 1. The molecule has 4 atom stereocenters. The van der Waals surface area contributed by atoms with E-state index in [2.05, 4.69) is 9.51 Å². The highest BCUT2D eigenvalue weighted by Gasteiger charge is 2.45. The number of aliphatic hydroxyl groups excluding tert-OH is 2. The van der Waals surface area contributed by atoms with Gasteiger partial charge in [-0.1, -0.05) is 0 Å². The van der Waals surface area contributed by atoms with Gasteiger partial charge in [-0.25, -0.2) is 9.36 Å². The fourth-order valence-electron chi connectivity index (χ4n) is 1.78. The van der Waals surface area contributed by atoms with Gasteiger partial charge >= 0.3 is 13.8 Å². The maximum atomic E-state index is 11.8. The average Bonchev–Trinajstić information content (AvgIpc) is 2.73. The molecule has 1 aromatic heterocycles. The lowest BCUT2D eigenvalue weighted by Gasteiger charge is -2.15. The minimum atomic E-state index is -4.75. The van der Waals surface area contributed by atoms with E-state index in [1.165, 1.54) is 24.5 Å². The van der Waals surface area contributed by atoms with Crippen LogP contribution in [-0.4, -0.2) is 62.2 Å². The number of hydrogen-bond acceptors (Lipinski definition) is 8. The van der Waals surface area contributed by atoms with Crippen molar-refractivity contribution >= 4 is 13.8 Å². The number of hydrogen-bond donors (Lipinski definition) is 4. The molecule has 0 aromatic carbocycles. The predicted octanol–water partition coefficient (Wildman–Crippen LogP) is -1.21. The summed E-state index contributed by atoms with van der Waals surface area (Å²) in [7, 11) is -4.75. The lowest BCUT2D eigenvalue weighted by Crippen LogP contribution is -2.35. The fourth-order valence-corrected chi connectivity index (χ4v) is 2.12. The largest absolute Gasteiger partial charge is 0.469 e. The molecule has 0 saturated carbocycles. The molecule has 0 spiro atoms. The van der Waals surface area contributed by atoms with E-state index in [0.29, 0.717) is 0 Å². The minimum Gasteiger partial charge on any atom is -0.429 e. The minimum absolute atomic E-state index is 0.114. The molecule has 0 bridgehead atoms. The second kappa shape index (κ2) is 6.80. The highest BCUT2D eigenvalue weighted by atomic mass is 31.2. The van der Waals surface area contributed by atoms with Crippen molar-refractivity contribution in [2.45, 2.75) is 24.6 Å². The molecular formula is C11H14NO9P. The van der Waals surface area contributed by atoms with Crippen LogP contribution in [0.4, 0.5) is 0 Å². The van der Waals surface area contributed by atoms with Gasteiger partial charge in [0.25, 0.3) is 0 Å². The van der Waals surface area contributed by atoms with Crippen molar-refractivity contribution in [3.8, 4) is 0 Å². The first-order valence-electron chi connectivity index (χ1n) is 6.10. The molecule has 1 aliphatic rings. The summed E-state index contributed by atoms with van der Waals surface area (Å²) in [6.45, 7) is -0.677. The van der Waals surface area contributed by atoms with Crippen LogP contribution in [0, 0.1) is 0 Å². The number of ether oxygens (including phenoxy) is 2. The van der Waals surface area contributed by atoms with E-state index >= 15 is 0 Å². The summed E-state index contributed by atoms with van der Waals surface area (Å²) in [6, 6.07) is 2.94. The number of aliphatic hydroxyl groups is 2. The van der Waals surface area contributed by atoms with Crippen molar-refractivity contribution in [1.82, 2.24) is 4.98 Å². The van der Waals surface area contributed by atoms with Crippen LogP contribution < -0.4 is 0 Å². The van der Waals surface area contributed by atoms with Gasteiger partial charge in [-0.3, -0.25) is 9.51 Å². The number of aromatic nitrogens is 1. The van der Waals surface area contributed by atoms with E-state index in [9.17, 15) is 19.6 Å². The first kappa shape index (κ1) is 17.0. The Labute approximate surface area is 124 Å². The first-order valence-corrected chi connectivity index (χ1v) is 7.63. The summed E-state index contributed by atoms with van der Waals surface area (Å²) in [5.74, 6) is -0.832. The number of nitrogens with zero attached hydrogens (tertiary/aromatic N) is 1. The van der Waals surface area contributed by atoms with E-state index in [-0.39, 0.29) is 5.56 Å². The van der Waals surface area contributed by atoms with E-state index in [1.807, 2.05) is 0 Å². The Morgan fingerprint density at radius 2 is 2.09 bits per heavy atom. The van der Waals surface area contributed by atoms with Crippen LogP contribution in [0.25, 0.3) is 0 Å². The molecule has 22 heavy (non-hydrogen) atoms. The lowest BCUT2D eigenvalue weighted by molar-refractivity contribution is -0.138. The summed E-state index contributed by atoms with van der Waals surface area (Å²) in [6.07, 6.45) is -3.16. The summed E-state index contributed by atoms with van der Waals surface area (Å²) < 4.78 is 24.7. The van der Waals surface area contributed by atoms with E-state index in [4.69, 9.17) is 19.3 Å². The number of rotatable bonds is 5. The van der Waals surface area contributed by atoms with Gasteiger partial charge in [0, 0.05) is 12.4 Å². The summed E-state index contributed by atoms with van der Waals surface area (Å²) in [5, 5.41) is 19.4. The highest BCUT2D eigenvalue weighted by molar-refractivity contribution is 7.46. The Bertz CT molecular complexity index is 562. The Kier molecular flexibility index (Phi) is 5.24. The molecule has 11 heteroatoms. The molecule has 0 amide bonds. The molecule has 0 aliphatic carbocycles. The van der Waals surface area contributed by atoms with Crippen LogP contribution in [0.3, 0.4) is 0 Å². The van der Waals surface area contributed by atoms with Gasteiger partial charge in [0.1, 0.15) is 18.3 Å². The number of carbonyl (C=O) groups excluding carboxylic acids is 1. The monoisotopic (exact) mass is 335 g/mol. The SMILES string of the molecule is O=C(O[C@H]1O[C@H](COP(=O)(O)O)[C@@H](O)[C@H]1O)c1cccnc1. The standard InChI is InChI=1S/C11H14NO9P/c13-8-7(5-19-22(16,17)18)20-11(9(8)14)21-10(15)6-2-1-3-12-4-6/h1-4,7-9,11,13-14H,5H2,(H2,16,17,18)/t7-,8-,9-,11-/m1/s1. The Morgan fingerprint density at radius 3 is 2.68 bits per heavy atom. The molecule has 1 aliphatic heterocycles. The predicted molar refractivity (Wildman–Crippen MR) is 68.3 cm³/mol. The zero-order valence-corrected chi connectivity index (χ0v) is 11.9. The molecule has 10 nitrogen and oxygen atoms in total. The van der Waals surface area contributed by atoms with Crippen LogP contribution in [0.5, 0.6) is 0 Å². The van der Waals surface area contributed by atoms with E-state index in [1.54, 1.807) is 0 Å². The average molecular weight is 335 g/mol. The third kappa shape index (κ3) is 4.31. The van der Waals surface area contributed by atoms with Crippen LogP contribution in [0.2, 0.25) is 0 Å². The molecule has 1 aromatic rings. The number of phosphoric acid groups is 1. The van der Waals surface area contributed by atoms with Gasteiger partial charge < -0.3 is 29.5 Å².